The second-order valence-electron chi connectivity index (χ2n) is 8.45. The van der Waals surface area contributed by atoms with Crippen LogP contribution in [0, 0.1) is 6.92 Å². The number of hydrogen-bond acceptors (Lipinski definition) is 3. The van der Waals surface area contributed by atoms with Crippen LogP contribution in [0.25, 0.3) is 10.9 Å². The van der Waals surface area contributed by atoms with Crippen molar-refractivity contribution in [2.75, 3.05) is 40.3 Å². The van der Waals surface area contributed by atoms with E-state index in [2.05, 4.69) is 40.5 Å². The zero-order chi connectivity index (χ0) is 19.7. The summed E-state index contributed by atoms with van der Waals surface area (Å²) in [5.74, 6) is 0.999. The first-order valence-electron chi connectivity index (χ1n) is 10.8. The Hall–Kier alpha value is -2.01. The van der Waals surface area contributed by atoms with Gasteiger partial charge in [0.1, 0.15) is 5.75 Å². The van der Waals surface area contributed by atoms with Gasteiger partial charge in [0.2, 0.25) is 0 Å². The molecule has 152 valence electrons. The van der Waals surface area contributed by atoms with Gasteiger partial charge in [-0.25, -0.2) is 0 Å². The molecule has 2 aliphatic rings. The Morgan fingerprint density at radius 2 is 1.82 bits per heavy atom. The van der Waals surface area contributed by atoms with Crippen molar-refractivity contribution in [3.05, 3.63) is 29.5 Å². The van der Waals surface area contributed by atoms with E-state index in [0.29, 0.717) is 6.04 Å². The molecule has 1 aromatic carbocycles. The zero-order valence-electron chi connectivity index (χ0n) is 17.5. The van der Waals surface area contributed by atoms with Crippen LogP contribution in [0.5, 0.6) is 5.75 Å². The summed E-state index contributed by atoms with van der Waals surface area (Å²) in [4.78, 5) is 18.0. The van der Waals surface area contributed by atoms with Gasteiger partial charge in [-0.05, 0) is 58.0 Å². The molecule has 28 heavy (non-hydrogen) atoms. The zero-order valence-corrected chi connectivity index (χ0v) is 17.5. The van der Waals surface area contributed by atoms with Gasteiger partial charge in [-0.3, -0.25) is 4.79 Å². The van der Waals surface area contributed by atoms with E-state index in [1.807, 2.05) is 6.07 Å². The van der Waals surface area contributed by atoms with E-state index in [0.717, 1.165) is 55.0 Å². The number of carbonyl (C=O) groups is 1. The molecule has 0 radical (unpaired) electrons. The van der Waals surface area contributed by atoms with Gasteiger partial charge in [0.25, 0.3) is 5.91 Å². The summed E-state index contributed by atoms with van der Waals surface area (Å²) in [6, 6.07) is 6.72. The minimum Gasteiger partial charge on any atom is -0.497 e. The largest absolute Gasteiger partial charge is 0.497 e. The maximum atomic E-state index is 13.6. The first-order chi connectivity index (χ1) is 13.6. The number of nitrogens with zero attached hydrogens (tertiary/aromatic N) is 3. The summed E-state index contributed by atoms with van der Waals surface area (Å²) >= 11 is 0. The number of ether oxygens (including phenoxy) is 1. The van der Waals surface area contributed by atoms with Crippen molar-refractivity contribution in [3.8, 4) is 5.75 Å². The van der Waals surface area contributed by atoms with Crippen molar-refractivity contribution in [1.29, 1.82) is 0 Å². The van der Waals surface area contributed by atoms with Crippen molar-refractivity contribution in [2.45, 2.75) is 51.5 Å². The minimum absolute atomic E-state index is 0.181. The van der Waals surface area contributed by atoms with E-state index in [4.69, 9.17) is 4.74 Å². The van der Waals surface area contributed by atoms with Crippen molar-refractivity contribution >= 4 is 16.8 Å². The number of likely N-dealkylation sites (N-methyl/N-ethyl adjacent to an activating group) is 1. The number of fused-ring (bicyclic) bond motifs is 1. The standard InChI is InChI=1S/C23H33N3O2/c1-17-22(23(27)25-13-7-12-24(2)14-15-25)20-16-19(28-3)10-11-21(20)26(17)18-8-5-4-6-9-18/h10-11,16,18H,4-9,12-15H2,1-3H3. The summed E-state index contributed by atoms with van der Waals surface area (Å²) in [7, 11) is 3.83. The number of amides is 1. The van der Waals surface area contributed by atoms with E-state index in [9.17, 15) is 4.79 Å². The normalized spacial score (nSPS) is 19.8. The summed E-state index contributed by atoms with van der Waals surface area (Å²) < 4.78 is 7.94. The van der Waals surface area contributed by atoms with E-state index in [1.54, 1.807) is 7.11 Å². The molecule has 1 saturated carbocycles. The van der Waals surface area contributed by atoms with E-state index < -0.39 is 0 Å². The summed E-state index contributed by atoms with van der Waals surface area (Å²) in [5.41, 5.74) is 3.18. The van der Waals surface area contributed by atoms with Crippen LogP contribution in [-0.2, 0) is 0 Å². The molecule has 1 aliphatic carbocycles. The highest BCUT2D eigenvalue weighted by Crippen LogP contribution is 2.37. The van der Waals surface area contributed by atoms with Gasteiger partial charge < -0.3 is 19.1 Å². The fraction of sp³-hybridized carbons (Fsp3) is 0.609. The summed E-state index contributed by atoms with van der Waals surface area (Å²) in [6.07, 6.45) is 7.34. The lowest BCUT2D eigenvalue weighted by Crippen LogP contribution is -2.34. The summed E-state index contributed by atoms with van der Waals surface area (Å²) in [5, 5.41) is 1.05. The molecule has 0 spiro atoms. The molecule has 5 heteroatoms. The lowest BCUT2D eigenvalue weighted by molar-refractivity contribution is 0.0763. The average Bonchev–Trinajstić information content (AvgIpc) is 2.84. The number of aromatic nitrogens is 1. The third-order valence-corrected chi connectivity index (χ3v) is 6.62. The SMILES string of the molecule is COc1ccc2c(c1)c(C(=O)N1CCCN(C)CC1)c(C)n2C1CCCCC1. The fourth-order valence-corrected chi connectivity index (χ4v) is 5.04. The van der Waals surface area contributed by atoms with E-state index >= 15 is 0 Å². The minimum atomic E-state index is 0.181. The Morgan fingerprint density at radius 3 is 2.57 bits per heavy atom. The monoisotopic (exact) mass is 383 g/mol. The van der Waals surface area contributed by atoms with Gasteiger partial charge in [-0.2, -0.15) is 0 Å². The number of benzene rings is 1. The number of hydrogen-bond donors (Lipinski definition) is 0. The molecule has 5 nitrogen and oxygen atoms in total. The second-order valence-corrected chi connectivity index (χ2v) is 8.45. The molecule has 1 aliphatic heterocycles. The van der Waals surface area contributed by atoms with Crippen LogP contribution in [0.1, 0.15) is 60.6 Å². The first kappa shape index (κ1) is 19.3. The average molecular weight is 384 g/mol. The third kappa shape index (κ3) is 3.52. The molecular formula is C23H33N3O2. The number of methoxy groups -OCH3 is 1. The smallest absolute Gasteiger partial charge is 0.256 e. The topological polar surface area (TPSA) is 37.7 Å². The first-order valence-corrected chi connectivity index (χ1v) is 10.8. The molecule has 0 atom stereocenters. The maximum Gasteiger partial charge on any atom is 0.256 e. The van der Waals surface area contributed by atoms with Gasteiger partial charge in [0.05, 0.1) is 12.7 Å². The molecule has 0 unspecified atom stereocenters. The highest BCUT2D eigenvalue weighted by atomic mass is 16.5. The lowest BCUT2D eigenvalue weighted by atomic mass is 9.95. The van der Waals surface area contributed by atoms with Crippen LogP contribution in [0.2, 0.25) is 0 Å². The molecule has 2 heterocycles. The van der Waals surface area contributed by atoms with Crippen molar-refractivity contribution in [2.24, 2.45) is 0 Å². The van der Waals surface area contributed by atoms with Crippen molar-refractivity contribution in [1.82, 2.24) is 14.4 Å². The maximum absolute atomic E-state index is 13.6. The Morgan fingerprint density at radius 1 is 1.04 bits per heavy atom. The van der Waals surface area contributed by atoms with Gasteiger partial charge in [0.15, 0.2) is 0 Å². The van der Waals surface area contributed by atoms with Crippen LogP contribution < -0.4 is 4.74 Å². The highest BCUT2D eigenvalue weighted by Gasteiger charge is 2.28. The molecule has 1 saturated heterocycles. The Bertz CT molecular complexity index is 851. The lowest BCUT2D eigenvalue weighted by Gasteiger charge is -2.26. The quantitative estimate of drug-likeness (QED) is 0.796. The third-order valence-electron chi connectivity index (χ3n) is 6.62. The Balaban J connectivity index is 1.79. The molecule has 0 N–H and O–H groups in total. The van der Waals surface area contributed by atoms with Gasteiger partial charge >= 0.3 is 0 Å². The molecule has 1 aromatic heterocycles. The predicted molar refractivity (Wildman–Crippen MR) is 113 cm³/mol. The summed E-state index contributed by atoms with van der Waals surface area (Å²) in [6.45, 7) is 5.77. The Labute approximate surface area is 168 Å². The molecular weight excluding hydrogens is 350 g/mol. The second kappa shape index (κ2) is 8.16. The number of carbonyl (C=O) groups excluding carboxylic acids is 1. The van der Waals surface area contributed by atoms with Gasteiger partial charge in [0, 0.05) is 42.3 Å². The van der Waals surface area contributed by atoms with Gasteiger partial charge in [-0.15, -0.1) is 0 Å². The van der Waals surface area contributed by atoms with Crippen LogP contribution in [0.3, 0.4) is 0 Å². The fourth-order valence-electron chi connectivity index (χ4n) is 5.04. The molecule has 0 bridgehead atoms. The van der Waals surface area contributed by atoms with Crippen molar-refractivity contribution in [3.63, 3.8) is 0 Å². The van der Waals surface area contributed by atoms with E-state index in [-0.39, 0.29) is 5.91 Å². The molecule has 2 aromatic rings. The molecule has 1 amide bonds. The van der Waals surface area contributed by atoms with Crippen molar-refractivity contribution < 1.29 is 9.53 Å². The van der Waals surface area contributed by atoms with Crippen LogP contribution in [-0.4, -0.2) is 60.6 Å². The highest BCUT2D eigenvalue weighted by molar-refractivity contribution is 6.08. The van der Waals surface area contributed by atoms with Crippen LogP contribution in [0.4, 0.5) is 0 Å². The molecule has 4 rings (SSSR count). The molecule has 2 fully saturated rings. The van der Waals surface area contributed by atoms with Crippen LogP contribution in [0.15, 0.2) is 18.2 Å². The predicted octanol–water partition coefficient (Wildman–Crippen LogP) is 4.24. The van der Waals surface area contributed by atoms with Crippen LogP contribution >= 0.6 is 0 Å². The van der Waals surface area contributed by atoms with E-state index in [1.165, 1.54) is 37.6 Å². The van der Waals surface area contributed by atoms with Gasteiger partial charge in [-0.1, -0.05) is 19.3 Å². The Kier molecular flexibility index (Phi) is 5.63. The number of rotatable bonds is 3.